The molecule has 0 aliphatic rings. The molecule has 0 radical (unpaired) electrons. The summed E-state index contributed by atoms with van der Waals surface area (Å²) in [5, 5.41) is 10.7. The SMILES string of the molecule is C=Cc1cccc(CO)c1-c1ccc2ccccc2n1. The Morgan fingerprint density at radius 1 is 1.00 bits per heavy atom. The molecule has 0 aliphatic carbocycles. The average molecular weight is 261 g/mol. The predicted molar refractivity (Wildman–Crippen MR) is 83.2 cm³/mol. The van der Waals surface area contributed by atoms with Gasteiger partial charge in [-0.25, -0.2) is 4.98 Å². The molecule has 0 bridgehead atoms. The van der Waals surface area contributed by atoms with E-state index in [1.807, 2.05) is 48.5 Å². The summed E-state index contributed by atoms with van der Waals surface area (Å²) in [6.45, 7) is 3.84. The molecule has 1 heterocycles. The number of rotatable bonds is 3. The summed E-state index contributed by atoms with van der Waals surface area (Å²) in [5.74, 6) is 0. The van der Waals surface area contributed by atoms with Gasteiger partial charge in [-0.3, -0.25) is 0 Å². The van der Waals surface area contributed by atoms with Crippen LogP contribution in [0.1, 0.15) is 11.1 Å². The number of hydrogen-bond acceptors (Lipinski definition) is 2. The topological polar surface area (TPSA) is 33.1 Å². The van der Waals surface area contributed by atoms with Crippen molar-refractivity contribution in [2.24, 2.45) is 0 Å². The molecule has 98 valence electrons. The Hall–Kier alpha value is -2.45. The molecule has 0 aliphatic heterocycles. The van der Waals surface area contributed by atoms with Gasteiger partial charge < -0.3 is 5.11 Å². The van der Waals surface area contributed by atoms with Crippen LogP contribution in [-0.2, 0) is 6.61 Å². The van der Waals surface area contributed by atoms with Gasteiger partial charge in [-0.2, -0.15) is 0 Å². The molecule has 0 fully saturated rings. The lowest BCUT2D eigenvalue weighted by atomic mass is 9.97. The minimum Gasteiger partial charge on any atom is -0.392 e. The maximum Gasteiger partial charge on any atom is 0.0719 e. The first-order chi connectivity index (χ1) is 9.83. The Kier molecular flexibility index (Phi) is 3.32. The molecule has 0 atom stereocenters. The highest BCUT2D eigenvalue weighted by Gasteiger charge is 2.10. The van der Waals surface area contributed by atoms with Crippen molar-refractivity contribution < 1.29 is 5.11 Å². The highest BCUT2D eigenvalue weighted by molar-refractivity contribution is 5.84. The number of benzene rings is 2. The molecule has 0 saturated heterocycles. The zero-order valence-electron chi connectivity index (χ0n) is 11.1. The van der Waals surface area contributed by atoms with Crippen molar-refractivity contribution in [3.63, 3.8) is 0 Å². The number of aliphatic hydroxyl groups excluding tert-OH is 1. The number of aromatic nitrogens is 1. The van der Waals surface area contributed by atoms with Gasteiger partial charge in [0.05, 0.1) is 17.8 Å². The Morgan fingerprint density at radius 2 is 1.85 bits per heavy atom. The fourth-order valence-electron chi connectivity index (χ4n) is 2.44. The lowest BCUT2D eigenvalue weighted by Crippen LogP contribution is -1.95. The fraction of sp³-hybridized carbons (Fsp3) is 0.0556. The van der Waals surface area contributed by atoms with Gasteiger partial charge in [0.1, 0.15) is 0 Å². The van der Waals surface area contributed by atoms with Gasteiger partial charge in [0.15, 0.2) is 0 Å². The number of para-hydroxylation sites is 1. The van der Waals surface area contributed by atoms with Crippen LogP contribution < -0.4 is 0 Å². The van der Waals surface area contributed by atoms with E-state index in [0.29, 0.717) is 0 Å². The molecule has 2 heteroatoms. The standard InChI is InChI=1S/C18H15NO/c1-2-13-7-5-8-15(12-20)18(13)17-11-10-14-6-3-4-9-16(14)19-17/h2-11,20H,1,12H2. The summed E-state index contributed by atoms with van der Waals surface area (Å²) in [6.07, 6.45) is 1.80. The molecule has 3 rings (SSSR count). The van der Waals surface area contributed by atoms with E-state index in [0.717, 1.165) is 33.3 Å². The summed E-state index contributed by atoms with van der Waals surface area (Å²) in [4.78, 5) is 4.70. The molecule has 1 N–H and O–H groups in total. The molecule has 0 spiro atoms. The second-order valence-corrected chi connectivity index (χ2v) is 4.63. The zero-order chi connectivity index (χ0) is 13.9. The third-order valence-corrected chi connectivity index (χ3v) is 3.43. The quantitative estimate of drug-likeness (QED) is 0.772. The molecule has 2 aromatic carbocycles. The predicted octanol–water partition coefficient (Wildman–Crippen LogP) is 4.04. The molecule has 0 saturated carbocycles. The minimum absolute atomic E-state index is 0.00841. The van der Waals surface area contributed by atoms with E-state index in [9.17, 15) is 5.11 Å². The van der Waals surface area contributed by atoms with Crippen LogP contribution in [0.15, 0.2) is 61.2 Å². The summed E-state index contributed by atoms with van der Waals surface area (Å²) in [6, 6.07) is 17.9. The highest BCUT2D eigenvalue weighted by atomic mass is 16.3. The Labute approximate surface area is 118 Å². The maximum atomic E-state index is 9.55. The fourth-order valence-corrected chi connectivity index (χ4v) is 2.44. The number of nitrogens with zero attached hydrogens (tertiary/aromatic N) is 1. The molecule has 0 unspecified atom stereocenters. The Balaban J connectivity index is 2.27. The van der Waals surface area contributed by atoms with E-state index in [1.54, 1.807) is 6.08 Å². The number of hydrogen-bond donors (Lipinski definition) is 1. The first-order valence-electron chi connectivity index (χ1n) is 6.55. The lowest BCUT2D eigenvalue weighted by Gasteiger charge is -2.11. The van der Waals surface area contributed by atoms with Crippen molar-refractivity contribution in [1.82, 2.24) is 4.98 Å². The van der Waals surface area contributed by atoms with Crippen LogP contribution in [0.2, 0.25) is 0 Å². The second kappa shape index (κ2) is 5.27. The largest absolute Gasteiger partial charge is 0.392 e. The minimum atomic E-state index is -0.00841. The van der Waals surface area contributed by atoms with Crippen LogP contribution >= 0.6 is 0 Å². The number of fused-ring (bicyclic) bond motifs is 1. The number of aliphatic hydroxyl groups is 1. The smallest absolute Gasteiger partial charge is 0.0719 e. The van der Waals surface area contributed by atoms with Crippen LogP contribution in [0.4, 0.5) is 0 Å². The van der Waals surface area contributed by atoms with Crippen LogP contribution in [0.25, 0.3) is 28.2 Å². The van der Waals surface area contributed by atoms with Crippen molar-refractivity contribution in [3.8, 4) is 11.3 Å². The van der Waals surface area contributed by atoms with Crippen LogP contribution in [0, 0.1) is 0 Å². The van der Waals surface area contributed by atoms with Crippen LogP contribution in [0.3, 0.4) is 0 Å². The summed E-state index contributed by atoms with van der Waals surface area (Å²) in [7, 11) is 0. The van der Waals surface area contributed by atoms with Crippen molar-refractivity contribution >= 4 is 17.0 Å². The summed E-state index contributed by atoms with van der Waals surface area (Å²) < 4.78 is 0. The van der Waals surface area contributed by atoms with E-state index in [-0.39, 0.29) is 6.61 Å². The first kappa shape index (κ1) is 12.6. The number of pyridine rings is 1. The molecule has 1 aromatic heterocycles. The molecule has 2 nitrogen and oxygen atoms in total. The van der Waals surface area contributed by atoms with Crippen molar-refractivity contribution in [3.05, 3.63) is 72.3 Å². The van der Waals surface area contributed by atoms with E-state index in [1.165, 1.54) is 0 Å². The van der Waals surface area contributed by atoms with Gasteiger partial charge in [-0.1, -0.05) is 55.1 Å². The molecule has 0 amide bonds. The molecule has 3 aromatic rings. The van der Waals surface area contributed by atoms with Crippen molar-refractivity contribution in [2.45, 2.75) is 6.61 Å². The average Bonchev–Trinajstić information content (AvgIpc) is 2.53. The summed E-state index contributed by atoms with van der Waals surface area (Å²) >= 11 is 0. The van der Waals surface area contributed by atoms with E-state index in [2.05, 4.69) is 12.6 Å². The molecular formula is C18H15NO. The van der Waals surface area contributed by atoms with E-state index in [4.69, 9.17) is 4.98 Å². The Bertz CT molecular complexity index is 777. The van der Waals surface area contributed by atoms with Crippen molar-refractivity contribution in [1.29, 1.82) is 0 Å². The highest BCUT2D eigenvalue weighted by Crippen LogP contribution is 2.28. The lowest BCUT2D eigenvalue weighted by molar-refractivity contribution is 0.282. The van der Waals surface area contributed by atoms with Gasteiger partial charge in [0, 0.05) is 10.9 Å². The zero-order valence-corrected chi connectivity index (χ0v) is 11.1. The third-order valence-electron chi connectivity index (χ3n) is 3.43. The monoisotopic (exact) mass is 261 g/mol. The van der Waals surface area contributed by atoms with Crippen molar-refractivity contribution in [2.75, 3.05) is 0 Å². The first-order valence-corrected chi connectivity index (χ1v) is 6.55. The van der Waals surface area contributed by atoms with Gasteiger partial charge >= 0.3 is 0 Å². The van der Waals surface area contributed by atoms with Crippen LogP contribution in [-0.4, -0.2) is 10.1 Å². The third kappa shape index (κ3) is 2.10. The summed E-state index contributed by atoms with van der Waals surface area (Å²) in [5.41, 5.74) is 4.62. The second-order valence-electron chi connectivity index (χ2n) is 4.63. The maximum absolute atomic E-state index is 9.55. The van der Waals surface area contributed by atoms with Gasteiger partial charge in [0.25, 0.3) is 0 Å². The molecular weight excluding hydrogens is 246 g/mol. The normalized spacial score (nSPS) is 10.7. The van der Waals surface area contributed by atoms with E-state index >= 15 is 0 Å². The van der Waals surface area contributed by atoms with E-state index < -0.39 is 0 Å². The van der Waals surface area contributed by atoms with Gasteiger partial charge in [-0.05, 0) is 23.3 Å². The van der Waals surface area contributed by atoms with Crippen LogP contribution in [0.5, 0.6) is 0 Å². The van der Waals surface area contributed by atoms with Gasteiger partial charge in [-0.15, -0.1) is 0 Å². The molecule has 20 heavy (non-hydrogen) atoms. The van der Waals surface area contributed by atoms with Gasteiger partial charge in [0.2, 0.25) is 0 Å². The Morgan fingerprint density at radius 3 is 2.65 bits per heavy atom.